The van der Waals surface area contributed by atoms with E-state index in [2.05, 4.69) is 25.9 Å². The fourth-order valence-electron chi connectivity index (χ4n) is 2.78. The van der Waals surface area contributed by atoms with Gasteiger partial charge in [0.1, 0.15) is 12.1 Å². The number of carbonyl (C=O) groups is 4. The van der Waals surface area contributed by atoms with Crippen molar-refractivity contribution < 1.29 is 24.3 Å². The van der Waals surface area contributed by atoms with Crippen molar-refractivity contribution in [2.45, 2.75) is 57.7 Å². The van der Waals surface area contributed by atoms with Crippen molar-refractivity contribution in [3.05, 3.63) is 18.2 Å². The van der Waals surface area contributed by atoms with E-state index in [0.29, 0.717) is 25.1 Å². The second-order valence-corrected chi connectivity index (χ2v) is 7.58. The predicted molar refractivity (Wildman–Crippen MR) is 113 cm³/mol. The van der Waals surface area contributed by atoms with Crippen molar-refractivity contribution in [2.75, 3.05) is 13.1 Å². The van der Waals surface area contributed by atoms with Crippen LogP contribution in [0.2, 0.25) is 0 Å². The highest BCUT2D eigenvalue weighted by Gasteiger charge is 2.29. The van der Waals surface area contributed by atoms with E-state index in [4.69, 9.17) is 11.5 Å². The molecule has 3 unspecified atom stereocenters. The molecule has 9 N–H and O–H groups in total. The molecule has 1 heterocycles. The quantitative estimate of drug-likeness (QED) is 0.165. The van der Waals surface area contributed by atoms with Crippen molar-refractivity contribution in [3.8, 4) is 0 Å². The molecule has 3 atom stereocenters. The van der Waals surface area contributed by atoms with Crippen LogP contribution in [0.15, 0.2) is 12.5 Å². The molecule has 0 aliphatic rings. The van der Waals surface area contributed by atoms with E-state index >= 15 is 0 Å². The van der Waals surface area contributed by atoms with Crippen molar-refractivity contribution in [1.82, 2.24) is 25.9 Å². The fraction of sp³-hybridized carbons (Fsp3) is 0.632. The molecule has 1 aromatic rings. The first-order chi connectivity index (χ1) is 14.6. The molecule has 0 fully saturated rings. The molecule has 0 spiro atoms. The number of carbonyl (C=O) groups excluding carboxylic acids is 3. The predicted octanol–water partition coefficient (Wildman–Crippen LogP) is -1.77. The highest BCUT2D eigenvalue weighted by molar-refractivity contribution is 5.92. The largest absolute Gasteiger partial charge is 0.480 e. The minimum absolute atomic E-state index is 0.0640. The maximum Gasteiger partial charge on any atom is 0.326 e. The van der Waals surface area contributed by atoms with E-state index in [1.54, 1.807) is 13.8 Å². The van der Waals surface area contributed by atoms with Gasteiger partial charge in [0.25, 0.3) is 0 Å². The number of imidazole rings is 1. The first-order valence-electron chi connectivity index (χ1n) is 10.2. The lowest BCUT2D eigenvalue weighted by Gasteiger charge is -2.23. The number of nitrogens with one attached hydrogen (secondary N) is 4. The number of aromatic amines is 1. The molecule has 0 aliphatic carbocycles. The number of carboxylic acid groups (broad SMARTS) is 1. The maximum absolute atomic E-state index is 12.7. The Kier molecular flexibility index (Phi) is 11.2. The molecule has 12 nitrogen and oxygen atoms in total. The zero-order valence-corrected chi connectivity index (χ0v) is 17.9. The van der Waals surface area contributed by atoms with Gasteiger partial charge in [-0.1, -0.05) is 20.3 Å². The van der Waals surface area contributed by atoms with Crippen LogP contribution in [0.3, 0.4) is 0 Å². The van der Waals surface area contributed by atoms with Gasteiger partial charge in [-0.25, -0.2) is 9.78 Å². The van der Waals surface area contributed by atoms with E-state index in [9.17, 15) is 24.3 Å². The lowest BCUT2D eigenvalue weighted by atomic mass is 10.0. The van der Waals surface area contributed by atoms with Gasteiger partial charge in [0.05, 0.1) is 18.9 Å². The number of hydrogen-bond acceptors (Lipinski definition) is 7. The number of nitrogens with zero attached hydrogens (tertiary/aromatic N) is 1. The first kappa shape index (κ1) is 26.0. The van der Waals surface area contributed by atoms with Gasteiger partial charge < -0.3 is 37.5 Å². The van der Waals surface area contributed by atoms with E-state index in [1.807, 2.05) is 0 Å². The van der Waals surface area contributed by atoms with Gasteiger partial charge in [0.15, 0.2) is 0 Å². The summed E-state index contributed by atoms with van der Waals surface area (Å²) in [7, 11) is 0. The molecule has 0 saturated heterocycles. The summed E-state index contributed by atoms with van der Waals surface area (Å²) in [6.45, 7) is 3.46. The second kappa shape index (κ2) is 13.3. The SMILES string of the molecule is CC(C)C(NC(=O)C(Cc1cnc[nH]1)NC(=O)CNC(=O)C(N)CCCCN)C(=O)O. The Morgan fingerprint density at radius 3 is 2.42 bits per heavy atom. The minimum Gasteiger partial charge on any atom is -0.480 e. The Morgan fingerprint density at radius 1 is 1.16 bits per heavy atom. The van der Waals surface area contributed by atoms with Gasteiger partial charge in [-0.05, 0) is 25.3 Å². The molecule has 0 bridgehead atoms. The van der Waals surface area contributed by atoms with Gasteiger partial charge in [-0.2, -0.15) is 0 Å². The Balaban J connectivity index is 2.70. The molecule has 1 rings (SSSR count). The maximum atomic E-state index is 12.7. The molecule has 174 valence electrons. The smallest absolute Gasteiger partial charge is 0.326 e. The van der Waals surface area contributed by atoms with Gasteiger partial charge in [0.2, 0.25) is 17.7 Å². The molecule has 3 amide bonds. The van der Waals surface area contributed by atoms with Crippen molar-refractivity contribution >= 4 is 23.7 Å². The lowest BCUT2D eigenvalue weighted by molar-refractivity contribution is -0.143. The monoisotopic (exact) mass is 439 g/mol. The third-order valence-electron chi connectivity index (χ3n) is 4.59. The highest BCUT2D eigenvalue weighted by Crippen LogP contribution is 2.05. The Morgan fingerprint density at radius 2 is 1.87 bits per heavy atom. The number of aromatic nitrogens is 2. The number of amides is 3. The topological polar surface area (TPSA) is 205 Å². The number of hydrogen-bond donors (Lipinski definition) is 7. The molecular weight excluding hydrogens is 406 g/mol. The summed E-state index contributed by atoms with van der Waals surface area (Å²) in [5.41, 5.74) is 11.8. The summed E-state index contributed by atoms with van der Waals surface area (Å²) < 4.78 is 0. The van der Waals surface area contributed by atoms with E-state index < -0.39 is 41.8 Å². The number of rotatable bonds is 14. The van der Waals surface area contributed by atoms with Crippen molar-refractivity contribution in [1.29, 1.82) is 0 Å². The van der Waals surface area contributed by atoms with Crippen LogP contribution in [0.4, 0.5) is 0 Å². The minimum atomic E-state index is -1.18. The van der Waals surface area contributed by atoms with Gasteiger partial charge in [0, 0.05) is 18.3 Å². The highest BCUT2D eigenvalue weighted by atomic mass is 16.4. The van der Waals surface area contributed by atoms with Crippen LogP contribution in [0, 0.1) is 5.92 Å². The molecule has 0 radical (unpaired) electrons. The van der Waals surface area contributed by atoms with Crippen LogP contribution < -0.4 is 27.4 Å². The molecule has 12 heteroatoms. The first-order valence-corrected chi connectivity index (χ1v) is 10.2. The Hall–Kier alpha value is -2.99. The number of nitrogens with two attached hydrogens (primary N) is 2. The van der Waals surface area contributed by atoms with Gasteiger partial charge in [-0.15, -0.1) is 0 Å². The van der Waals surface area contributed by atoms with Gasteiger partial charge in [-0.3, -0.25) is 14.4 Å². The summed E-state index contributed by atoms with van der Waals surface area (Å²) in [5, 5.41) is 16.7. The zero-order chi connectivity index (χ0) is 23.4. The standard InChI is InChI=1S/C19H33N7O5/c1-11(2)16(19(30)31)26-18(29)14(7-12-8-22-10-24-12)25-15(27)9-23-17(28)13(21)5-3-4-6-20/h8,10-11,13-14,16H,3-7,9,20-21H2,1-2H3,(H,22,24)(H,23,28)(H,25,27)(H,26,29)(H,30,31). The molecule has 31 heavy (non-hydrogen) atoms. The van der Waals surface area contributed by atoms with E-state index in [0.717, 1.165) is 6.42 Å². The fourth-order valence-corrected chi connectivity index (χ4v) is 2.78. The van der Waals surface area contributed by atoms with Gasteiger partial charge >= 0.3 is 5.97 Å². The Labute approximate surface area is 180 Å². The summed E-state index contributed by atoms with van der Waals surface area (Å²) in [6.07, 6.45) is 4.87. The third-order valence-corrected chi connectivity index (χ3v) is 4.59. The molecule has 0 aliphatic heterocycles. The molecule has 1 aromatic heterocycles. The average molecular weight is 440 g/mol. The summed E-state index contributed by atoms with van der Waals surface area (Å²) in [4.78, 5) is 55.1. The van der Waals surface area contributed by atoms with Crippen molar-refractivity contribution in [3.63, 3.8) is 0 Å². The number of aliphatic carboxylic acids is 1. The lowest BCUT2D eigenvalue weighted by Crippen LogP contribution is -2.55. The van der Waals surface area contributed by atoms with E-state index in [1.165, 1.54) is 12.5 Å². The van der Waals surface area contributed by atoms with Crippen LogP contribution in [-0.2, 0) is 25.6 Å². The second-order valence-electron chi connectivity index (χ2n) is 7.58. The molecule has 0 aromatic carbocycles. The zero-order valence-electron chi connectivity index (χ0n) is 17.9. The average Bonchev–Trinajstić information content (AvgIpc) is 3.22. The molecule has 0 saturated carbocycles. The van der Waals surface area contributed by atoms with Crippen LogP contribution in [-0.4, -0.2) is 70.0 Å². The third kappa shape index (κ3) is 9.57. The number of carboxylic acids is 1. The number of unbranched alkanes of at least 4 members (excludes halogenated alkanes) is 1. The molecular formula is C19H33N7O5. The van der Waals surface area contributed by atoms with Crippen LogP contribution >= 0.6 is 0 Å². The van der Waals surface area contributed by atoms with Crippen molar-refractivity contribution in [2.24, 2.45) is 17.4 Å². The summed E-state index contributed by atoms with van der Waals surface area (Å²) in [5.74, 6) is -3.28. The van der Waals surface area contributed by atoms with Crippen LogP contribution in [0.1, 0.15) is 38.8 Å². The normalized spacial score (nSPS) is 13.8. The number of H-pyrrole nitrogens is 1. The summed E-state index contributed by atoms with van der Waals surface area (Å²) in [6, 6.07) is -2.94. The van der Waals surface area contributed by atoms with Crippen LogP contribution in [0.5, 0.6) is 0 Å². The summed E-state index contributed by atoms with van der Waals surface area (Å²) >= 11 is 0. The van der Waals surface area contributed by atoms with Crippen LogP contribution in [0.25, 0.3) is 0 Å². The Bertz CT molecular complexity index is 723. The van der Waals surface area contributed by atoms with E-state index in [-0.39, 0.29) is 18.9 Å².